The number of nitrogens with one attached hydrogen (secondary N) is 1. The number of ether oxygens (including phenoxy) is 1. The van der Waals surface area contributed by atoms with E-state index in [1.807, 2.05) is 0 Å². The lowest BCUT2D eigenvalue weighted by Gasteiger charge is -2.23. The molecule has 1 N–H and O–H groups in total. The molecular weight excluding hydrogens is 182 g/mol. The van der Waals surface area contributed by atoms with Gasteiger partial charge in [-0.3, -0.25) is 0 Å². The maximum Gasteiger partial charge on any atom is 0.0613 e. The monoisotopic (exact) mass is 203 g/mol. The van der Waals surface area contributed by atoms with E-state index in [-0.39, 0.29) is 0 Å². The van der Waals surface area contributed by atoms with E-state index in [0.29, 0.717) is 6.04 Å². The highest BCUT2D eigenvalue weighted by Gasteiger charge is 2.14. The molecule has 78 valence electrons. The van der Waals surface area contributed by atoms with E-state index < -0.39 is 0 Å². The Kier molecular flexibility index (Phi) is 5.83. The van der Waals surface area contributed by atoms with Crippen molar-refractivity contribution in [3.63, 3.8) is 0 Å². The van der Waals surface area contributed by atoms with Gasteiger partial charge in [0.2, 0.25) is 0 Å². The highest BCUT2D eigenvalue weighted by Crippen LogP contribution is 2.24. The normalized spacial score (nSPS) is 25.8. The molecule has 1 rings (SSSR count). The molecule has 0 amide bonds. The summed E-state index contributed by atoms with van der Waals surface area (Å²) in [5.41, 5.74) is 0. The Bertz CT molecular complexity index is 126. The molecule has 1 aliphatic rings. The van der Waals surface area contributed by atoms with Crippen LogP contribution in [0.2, 0.25) is 0 Å². The molecule has 0 aliphatic carbocycles. The Morgan fingerprint density at radius 1 is 1.54 bits per heavy atom. The quantitative estimate of drug-likeness (QED) is 0.737. The number of methoxy groups -OCH3 is 1. The highest BCUT2D eigenvalue weighted by atomic mass is 32.2. The Labute approximate surface area is 85.8 Å². The van der Waals surface area contributed by atoms with Crippen molar-refractivity contribution in [1.82, 2.24) is 5.32 Å². The summed E-state index contributed by atoms with van der Waals surface area (Å²) in [5, 5.41) is 4.35. The van der Waals surface area contributed by atoms with Crippen LogP contribution >= 0.6 is 11.8 Å². The molecule has 3 heteroatoms. The minimum absolute atomic E-state index is 0.493. The van der Waals surface area contributed by atoms with Crippen molar-refractivity contribution in [2.24, 2.45) is 0 Å². The van der Waals surface area contributed by atoms with Crippen LogP contribution in [0, 0.1) is 0 Å². The standard InChI is InChI=1S/C10H21NOS/c1-9(8-12-2)11-7-10-5-3-4-6-13-10/h9-11H,3-8H2,1-2H3. The van der Waals surface area contributed by atoms with Gasteiger partial charge in [0.25, 0.3) is 0 Å². The molecule has 2 unspecified atom stereocenters. The van der Waals surface area contributed by atoms with Gasteiger partial charge in [0.1, 0.15) is 0 Å². The van der Waals surface area contributed by atoms with Gasteiger partial charge >= 0.3 is 0 Å². The van der Waals surface area contributed by atoms with Gasteiger partial charge in [-0.15, -0.1) is 0 Å². The highest BCUT2D eigenvalue weighted by molar-refractivity contribution is 7.99. The third kappa shape index (κ3) is 4.89. The van der Waals surface area contributed by atoms with Crippen molar-refractivity contribution in [2.45, 2.75) is 37.5 Å². The average Bonchev–Trinajstić information content (AvgIpc) is 2.17. The van der Waals surface area contributed by atoms with Crippen LogP contribution in [0.15, 0.2) is 0 Å². The summed E-state index contributed by atoms with van der Waals surface area (Å²) in [5.74, 6) is 1.35. The molecule has 0 saturated carbocycles. The van der Waals surface area contributed by atoms with Crippen LogP contribution in [-0.2, 0) is 4.74 Å². The molecule has 0 radical (unpaired) electrons. The Balaban J connectivity index is 2.03. The zero-order chi connectivity index (χ0) is 9.52. The van der Waals surface area contributed by atoms with E-state index in [0.717, 1.165) is 18.4 Å². The number of rotatable bonds is 5. The van der Waals surface area contributed by atoms with Crippen molar-refractivity contribution < 1.29 is 4.74 Å². The second-order valence-electron chi connectivity index (χ2n) is 3.75. The van der Waals surface area contributed by atoms with E-state index in [1.165, 1.54) is 25.0 Å². The first-order chi connectivity index (χ1) is 6.33. The largest absolute Gasteiger partial charge is 0.383 e. The molecule has 0 spiro atoms. The van der Waals surface area contributed by atoms with Gasteiger partial charge in [0.05, 0.1) is 6.61 Å². The van der Waals surface area contributed by atoms with Crippen LogP contribution in [0.4, 0.5) is 0 Å². The van der Waals surface area contributed by atoms with Gasteiger partial charge < -0.3 is 10.1 Å². The van der Waals surface area contributed by atoms with E-state index in [2.05, 4.69) is 24.0 Å². The van der Waals surface area contributed by atoms with Gasteiger partial charge in [-0.1, -0.05) is 6.42 Å². The van der Waals surface area contributed by atoms with E-state index in [1.54, 1.807) is 7.11 Å². The molecule has 0 aromatic heterocycles. The summed E-state index contributed by atoms with van der Waals surface area (Å²) < 4.78 is 5.07. The summed E-state index contributed by atoms with van der Waals surface area (Å²) in [4.78, 5) is 0. The maximum absolute atomic E-state index is 5.07. The first kappa shape index (κ1) is 11.3. The zero-order valence-corrected chi connectivity index (χ0v) is 9.53. The van der Waals surface area contributed by atoms with Crippen molar-refractivity contribution in [3.05, 3.63) is 0 Å². The smallest absolute Gasteiger partial charge is 0.0613 e. The molecule has 1 fully saturated rings. The van der Waals surface area contributed by atoms with Crippen LogP contribution in [-0.4, -0.2) is 37.3 Å². The van der Waals surface area contributed by atoms with Gasteiger partial charge in [-0.25, -0.2) is 0 Å². The van der Waals surface area contributed by atoms with Crippen molar-refractivity contribution in [3.8, 4) is 0 Å². The predicted molar refractivity (Wildman–Crippen MR) is 59.4 cm³/mol. The lowest BCUT2D eigenvalue weighted by Crippen LogP contribution is -2.36. The Morgan fingerprint density at radius 2 is 2.38 bits per heavy atom. The van der Waals surface area contributed by atoms with E-state index >= 15 is 0 Å². The molecule has 1 aliphatic heterocycles. The Morgan fingerprint density at radius 3 is 3.00 bits per heavy atom. The third-order valence-electron chi connectivity index (χ3n) is 2.38. The number of hydrogen-bond donors (Lipinski definition) is 1. The predicted octanol–water partition coefficient (Wildman–Crippen LogP) is 1.90. The molecule has 0 bridgehead atoms. The lowest BCUT2D eigenvalue weighted by atomic mass is 10.2. The third-order valence-corrected chi connectivity index (χ3v) is 3.78. The number of thioether (sulfide) groups is 1. The first-order valence-electron chi connectivity index (χ1n) is 5.17. The fourth-order valence-corrected chi connectivity index (χ4v) is 2.86. The summed E-state index contributed by atoms with van der Waals surface area (Å²) in [6.45, 7) is 4.14. The van der Waals surface area contributed by atoms with Gasteiger partial charge in [0.15, 0.2) is 0 Å². The number of hydrogen-bond acceptors (Lipinski definition) is 3. The van der Waals surface area contributed by atoms with Crippen LogP contribution in [0.3, 0.4) is 0 Å². The van der Waals surface area contributed by atoms with Crippen LogP contribution in [0.25, 0.3) is 0 Å². The van der Waals surface area contributed by atoms with E-state index in [4.69, 9.17) is 4.74 Å². The topological polar surface area (TPSA) is 21.3 Å². The molecule has 0 aromatic carbocycles. The second kappa shape index (κ2) is 6.68. The average molecular weight is 203 g/mol. The molecule has 2 nitrogen and oxygen atoms in total. The van der Waals surface area contributed by atoms with Crippen LogP contribution in [0.5, 0.6) is 0 Å². The zero-order valence-electron chi connectivity index (χ0n) is 8.71. The van der Waals surface area contributed by atoms with Gasteiger partial charge in [-0.2, -0.15) is 11.8 Å². The molecule has 1 saturated heterocycles. The van der Waals surface area contributed by atoms with Gasteiger partial charge in [-0.05, 0) is 25.5 Å². The molecule has 0 aromatic rings. The first-order valence-corrected chi connectivity index (χ1v) is 6.21. The minimum Gasteiger partial charge on any atom is -0.383 e. The summed E-state index contributed by atoms with van der Waals surface area (Å²) in [6, 6.07) is 0.493. The van der Waals surface area contributed by atoms with E-state index in [9.17, 15) is 0 Å². The summed E-state index contributed by atoms with van der Waals surface area (Å²) in [7, 11) is 1.76. The fourth-order valence-electron chi connectivity index (χ4n) is 1.61. The lowest BCUT2D eigenvalue weighted by molar-refractivity contribution is 0.172. The molecule has 1 heterocycles. The molecule has 2 atom stereocenters. The summed E-state index contributed by atoms with van der Waals surface area (Å²) >= 11 is 2.12. The van der Waals surface area contributed by atoms with Crippen molar-refractivity contribution in [1.29, 1.82) is 0 Å². The summed E-state index contributed by atoms with van der Waals surface area (Å²) in [6.07, 6.45) is 4.21. The maximum atomic E-state index is 5.07. The second-order valence-corrected chi connectivity index (χ2v) is 5.16. The van der Waals surface area contributed by atoms with Crippen LogP contribution in [0.1, 0.15) is 26.2 Å². The van der Waals surface area contributed by atoms with Crippen LogP contribution < -0.4 is 5.32 Å². The Hall–Kier alpha value is 0.270. The van der Waals surface area contributed by atoms with Crippen molar-refractivity contribution in [2.75, 3.05) is 26.0 Å². The fraction of sp³-hybridized carbons (Fsp3) is 1.00. The SMILES string of the molecule is COCC(C)NCC1CCCCS1. The molecule has 13 heavy (non-hydrogen) atoms. The molecular formula is C10H21NOS. The minimum atomic E-state index is 0.493. The van der Waals surface area contributed by atoms with Gasteiger partial charge in [0, 0.05) is 24.9 Å². The van der Waals surface area contributed by atoms with Crippen molar-refractivity contribution >= 4 is 11.8 Å².